The molecule has 0 amide bonds. The van der Waals surface area contributed by atoms with Crippen LogP contribution in [0.15, 0.2) is 24.3 Å². The van der Waals surface area contributed by atoms with Crippen molar-refractivity contribution in [3.63, 3.8) is 0 Å². The van der Waals surface area contributed by atoms with Crippen LogP contribution < -0.4 is 5.19 Å². The molecule has 0 aromatic heterocycles. The van der Waals surface area contributed by atoms with Gasteiger partial charge in [-0.05, 0) is 23.2 Å². The molecule has 0 aliphatic heterocycles. The number of benzene rings is 1. The Labute approximate surface area is 110 Å². The van der Waals surface area contributed by atoms with Crippen molar-refractivity contribution < 1.29 is 0 Å². The molecule has 0 aliphatic carbocycles. The Morgan fingerprint density at radius 1 is 0.938 bits per heavy atom. The second-order valence-corrected chi connectivity index (χ2v) is 18.8. The molecule has 90 valence electrons. The summed E-state index contributed by atoms with van der Waals surface area (Å²) in [5.74, 6) is 0. The number of hydrogen-bond donors (Lipinski definition) is 0. The first-order valence-electron chi connectivity index (χ1n) is 5.66. The maximum Gasteiger partial charge on any atom is 0.180 e. The van der Waals surface area contributed by atoms with E-state index in [2.05, 4.69) is 50.5 Å². The van der Waals surface area contributed by atoms with Crippen LogP contribution in [0.25, 0.3) is 0 Å². The van der Waals surface area contributed by atoms with E-state index in [0.717, 1.165) is 12.5 Å². The topological polar surface area (TPSA) is 0 Å². The molecule has 0 N–H and O–H groups in total. The fourth-order valence-electron chi connectivity index (χ4n) is 1.51. The smallest absolute Gasteiger partial charge is 0.168 e. The molecule has 0 aliphatic rings. The zero-order chi connectivity index (χ0) is 12.4. The molecule has 0 fully saturated rings. The lowest BCUT2D eigenvalue weighted by molar-refractivity contribution is 1.11. The van der Waals surface area contributed by atoms with Crippen LogP contribution in [-0.4, -0.2) is 14.8 Å². The standard InChI is InChI=1S/C12H20Cl2Si2/c1-15(2,13)10-9-11-5-7-12(8-6-11)16(3,4)14/h5-8H,9-10H2,1-4H3. The number of hydrogen-bond acceptors (Lipinski definition) is 0. The van der Waals surface area contributed by atoms with E-state index < -0.39 is 14.8 Å². The van der Waals surface area contributed by atoms with Crippen molar-refractivity contribution in [3.8, 4) is 0 Å². The Morgan fingerprint density at radius 3 is 1.81 bits per heavy atom. The predicted octanol–water partition coefficient (Wildman–Crippen LogP) is 4.32. The Bertz CT molecular complexity index is 334. The molecule has 0 heterocycles. The first-order chi connectivity index (χ1) is 7.18. The number of halogens is 2. The van der Waals surface area contributed by atoms with Crippen LogP contribution in [0, 0.1) is 0 Å². The van der Waals surface area contributed by atoms with Crippen LogP contribution in [0.4, 0.5) is 0 Å². The summed E-state index contributed by atoms with van der Waals surface area (Å²) in [6, 6.07) is 9.89. The Morgan fingerprint density at radius 2 is 1.44 bits per heavy atom. The van der Waals surface area contributed by atoms with E-state index in [-0.39, 0.29) is 0 Å². The highest BCUT2D eigenvalue weighted by molar-refractivity contribution is 7.26. The quantitative estimate of drug-likeness (QED) is 0.572. The van der Waals surface area contributed by atoms with Crippen molar-refractivity contribution in [3.05, 3.63) is 29.8 Å². The second kappa shape index (κ2) is 5.26. The highest BCUT2D eigenvalue weighted by Crippen LogP contribution is 2.18. The van der Waals surface area contributed by atoms with E-state index in [1.807, 2.05) is 0 Å². The Balaban J connectivity index is 2.66. The molecule has 1 rings (SSSR count). The van der Waals surface area contributed by atoms with Gasteiger partial charge in [0.05, 0.1) is 0 Å². The molecule has 1 aromatic carbocycles. The van der Waals surface area contributed by atoms with Crippen LogP contribution in [0.1, 0.15) is 5.56 Å². The second-order valence-electron chi connectivity index (χ2n) is 5.39. The molecular formula is C12H20Cl2Si2. The van der Waals surface area contributed by atoms with Gasteiger partial charge >= 0.3 is 0 Å². The summed E-state index contributed by atoms with van der Waals surface area (Å²) in [5.41, 5.74) is 1.37. The van der Waals surface area contributed by atoms with E-state index in [0.29, 0.717) is 0 Å². The average molecular weight is 291 g/mol. The largest absolute Gasteiger partial charge is 0.180 e. The molecule has 0 spiro atoms. The van der Waals surface area contributed by atoms with Gasteiger partial charge in [0.25, 0.3) is 0 Å². The molecule has 0 unspecified atom stereocenters. The number of rotatable bonds is 4. The normalized spacial score (nSPS) is 12.9. The summed E-state index contributed by atoms with van der Waals surface area (Å²) in [5, 5.41) is 1.31. The fraction of sp³-hybridized carbons (Fsp3) is 0.500. The van der Waals surface area contributed by atoms with E-state index in [1.165, 1.54) is 10.8 Å². The van der Waals surface area contributed by atoms with Gasteiger partial charge in [-0.15, -0.1) is 0 Å². The molecule has 1 aromatic rings. The molecular weight excluding hydrogens is 271 g/mol. The maximum atomic E-state index is 6.39. The summed E-state index contributed by atoms with van der Waals surface area (Å²) >= 11 is 12.7. The minimum Gasteiger partial charge on any atom is -0.168 e. The summed E-state index contributed by atoms with van der Waals surface area (Å²) in [7, 11) is -3.10. The van der Waals surface area contributed by atoms with Gasteiger partial charge in [-0.25, -0.2) is 0 Å². The van der Waals surface area contributed by atoms with Crippen LogP contribution >= 0.6 is 22.2 Å². The van der Waals surface area contributed by atoms with E-state index in [1.54, 1.807) is 0 Å². The minimum atomic E-state index is -1.66. The summed E-state index contributed by atoms with van der Waals surface area (Å²) < 4.78 is 0. The van der Waals surface area contributed by atoms with Crippen LogP contribution in [0.3, 0.4) is 0 Å². The summed E-state index contributed by atoms with van der Waals surface area (Å²) in [6.45, 7) is 8.69. The third kappa shape index (κ3) is 5.04. The molecule has 16 heavy (non-hydrogen) atoms. The maximum absolute atomic E-state index is 6.39. The van der Waals surface area contributed by atoms with Crippen molar-refractivity contribution in [2.45, 2.75) is 38.7 Å². The molecule has 0 saturated carbocycles. The van der Waals surface area contributed by atoms with Gasteiger partial charge in [0.2, 0.25) is 0 Å². The zero-order valence-corrected chi connectivity index (χ0v) is 14.0. The van der Waals surface area contributed by atoms with Gasteiger partial charge in [0.15, 0.2) is 14.8 Å². The van der Waals surface area contributed by atoms with Gasteiger partial charge in [-0.1, -0.05) is 50.5 Å². The SMILES string of the molecule is C[Si](C)(Cl)CCc1ccc([Si](C)(C)Cl)cc1. The molecule has 0 nitrogen and oxygen atoms in total. The van der Waals surface area contributed by atoms with Crippen molar-refractivity contribution in [2.75, 3.05) is 0 Å². The summed E-state index contributed by atoms with van der Waals surface area (Å²) in [4.78, 5) is 0. The minimum absolute atomic E-state index is 1.09. The third-order valence-electron chi connectivity index (χ3n) is 2.65. The fourth-order valence-corrected chi connectivity index (χ4v) is 4.01. The van der Waals surface area contributed by atoms with Gasteiger partial charge in [-0.3, -0.25) is 0 Å². The van der Waals surface area contributed by atoms with Crippen molar-refractivity contribution >= 4 is 42.1 Å². The first kappa shape index (κ1) is 14.3. The van der Waals surface area contributed by atoms with Crippen molar-refractivity contribution in [2.24, 2.45) is 0 Å². The van der Waals surface area contributed by atoms with Gasteiger partial charge in [0.1, 0.15) is 0 Å². The first-order valence-corrected chi connectivity index (χ1v) is 13.9. The third-order valence-corrected chi connectivity index (χ3v) is 7.02. The lowest BCUT2D eigenvalue weighted by atomic mass is 10.2. The number of aryl methyl sites for hydroxylation is 1. The van der Waals surface area contributed by atoms with E-state index >= 15 is 0 Å². The zero-order valence-electron chi connectivity index (χ0n) is 10.5. The molecule has 0 saturated heterocycles. The van der Waals surface area contributed by atoms with Crippen LogP contribution in [0.5, 0.6) is 0 Å². The van der Waals surface area contributed by atoms with Gasteiger partial charge in [0, 0.05) is 0 Å². The van der Waals surface area contributed by atoms with Gasteiger partial charge < -0.3 is 0 Å². The van der Waals surface area contributed by atoms with Gasteiger partial charge in [-0.2, -0.15) is 22.2 Å². The Kier molecular flexibility index (Phi) is 4.70. The van der Waals surface area contributed by atoms with E-state index in [4.69, 9.17) is 22.2 Å². The highest BCUT2D eigenvalue weighted by atomic mass is 35.6. The Hall–Kier alpha value is 0.234. The highest BCUT2D eigenvalue weighted by Gasteiger charge is 2.20. The average Bonchev–Trinajstić information content (AvgIpc) is 2.13. The molecule has 0 radical (unpaired) electrons. The molecule has 0 bridgehead atoms. The molecule has 0 atom stereocenters. The summed E-state index contributed by atoms with van der Waals surface area (Å²) in [6.07, 6.45) is 1.09. The van der Waals surface area contributed by atoms with Crippen LogP contribution in [0.2, 0.25) is 32.2 Å². The molecule has 4 heteroatoms. The van der Waals surface area contributed by atoms with E-state index in [9.17, 15) is 0 Å². The predicted molar refractivity (Wildman–Crippen MR) is 81.3 cm³/mol. The lowest BCUT2D eigenvalue weighted by Gasteiger charge is -2.15. The monoisotopic (exact) mass is 290 g/mol. The van der Waals surface area contributed by atoms with Crippen molar-refractivity contribution in [1.29, 1.82) is 0 Å². The van der Waals surface area contributed by atoms with Crippen LogP contribution in [-0.2, 0) is 6.42 Å². The lowest BCUT2D eigenvalue weighted by Crippen LogP contribution is -2.34. The van der Waals surface area contributed by atoms with Crippen molar-refractivity contribution in [1.82, 2.24) is 0 Å².